The standard InChI is InChI=1S/C21H22N2O2S/c1-4-25-18-9-10-19-16(12-18)11-15(3)21(23-19)26-13-20(24)22-17-7-5-14(2)6-8-17/h5-12H,4,13H2,1-3H3,(H,22,24). The first kappa shape index (κ1) is 18.3. The van der Waals surface area contributed by atoms with Gasteiger partial charge in [-0.3, -0.25) is 4.79 Å². The second-order valence-electron chi connectivity index (χ2n) is 6.10. The zero-order valence-corrected chi connectivity index (χ0v) is 16.0. The molecule has 26 heavy (non-hydrogen) atoms. The van der Waals surface area contributed by atoms with Gasteiger partial charge in [-0.25, -0.2) is 4.98 Å². The first-order valence-corrected chi connectivity index (χ1v) is 9.57. The highest BCUT2D eigenvalue weighted by atomic mass is 32.2. The largest absolute Gasteiger partial charge is 0.494 e. The summed E-state index contributed by atoms with van der Waals surface area (Å²) in [6.45, 7) is 6.64. The molecule has 5 heteroatoms. The average molecular weight is 366 g/mol. The van der Waals surface area contributed by atoms with Crippen LogP contribution in [0.4, 0.5) is 5.69 Å². The number of carbonyl (C=O) groups is 1. The van der Waals surface area contributed by atoms with Crippen molar-refractivity contribution in [3.05, 3.63) is 59.7 Å². The summed E-state index contributed by atoms with van der Waals surface area (Å²) >= 11 is 1.45. The summed E-state index contributed by atoms with van der Waals surface area (Å²) in [5.41, 5.74) is 3.94. The molecule has 0 aliphatic carbocycles. The normalized spacial score (nSPS) is 10.7. The smallest absolute Gasteiger partial charge is 0.234 e. The van der Waals surface area contributed by atoms with Crippen molar-refractivity contribution < 1.29 is 9.53 Å². The fourth-order valence-corrected chi connectivity index (χ4v) is 3.40. The molecule has 0 aliphatic rings. The van der Waals surface area contributed by atoms with Gasteiger partial charge in [0.15, 0.2) is 0 Å². The van der Waals surface area contributed by atoms with Crippen molar-refractivity contribution in [2.75, 3.05) is 17.7 Å². The van der Waals surface area contributed by atoms with Gasteiger partial charge >= 0.3 is 0 Å². The number of hydrogen-bond donors (Lipinski definition) is 1. The first-order chi connectivity index (χ1) is 12.5. The third kappa shape index (κ3) is 4.55. The fraction of sp³-hybridized carbons (Fsp3) is 0.238. The minimum atomic E-state index is -0.0353. The molecule has 1 heterocycles. The molecule has 0 saturated heterocycles. The van der Waals surface area contributed by atoms with Crippen LogP contribution in [0.25, 0.3) is 10.9 Å². The maximum Gasteiger partial charge on any atom is 0.234 e. The van der Waals surface area contributed by atoms with Crippen LogP contribution in [0.2, 0.25) is 0 Å². The van der Waals surface area contributed by atoms with Gasteiger partial charge in [0.2, 0.25) is 5.91 Å². The van der Waals surface area contributed by atoms with E-state index in [-0.39, 0.29) is 5.91 Å². The van der Waals surface area contributed by atoms with E-state index >= 15 is 0 Å². The van der Waals surface area contributed by atoms with Gasteiger partial charge in [-0.1, -0.05) is 29.5 Å². The van der Waals surface area contributed by atoms with Crippen molar-refractivity contribution >= 4 is 34.3 Å². The Morgan fingerprint density at radius 2 is 1.88 bits per heavy atom. The predicted octanol–water partition coefficient (Wildman–Crippen LogP) is 4.98. The van der Waals surface area contributed by atoms with E-state index < -0.39 is 0 Å². The minimum Gasteiger partial charge on any atom is -0.494 e. The molecule has 1 N–H and O–H groups in total. The van der Waals surface area contributed by atoms with Crippen molar-refractivity contribution in [1.29, 1.82) is 0 Å². The lowest BCUT2D eigenvalue weighted by atomic mass is 10.1. The van der Waals surface area contributed by atoms with Crippen LogP contribution >= 0.6 is 11.8 Å². The van der Waals surface area contributed by atoms with Crippen molar-refractivity contribution in [3.8, 4) is 5.75 Å². The van der Waals surface area contributed by atoms with Crippen molar-refractivity contribution in [2.24, 2.45) is 0 Å². The molecule has 0 spiro atoms. The summed E-state index contributed by atoms with van der Waals surface area (Å²) in [7, 11) is 0. The number of fused-ring (bicyclic) bond motifs is 1. The number of hydrogen-bond acceptors (Lipinski definition) is 4. The number of rotatable bonds is 6. The topological polar surface area (TPSA) is 51.2 Å². The van der Waals surface area contributed by atoms with E-state index in [9.17, 15) is 4.79 Å². The van der Waals surface area contributed by atoms with Crippen LogP contribution in [-0.2, 0) is 4.79 Å². The van der Waals surface area contributed by atoms with Gasteiger partial charge in [-0.2, -0.15) is 0 Å². The Balaban J connectivity index is 1.68. The zero-order chi connectivity index (χ0) is 18.5. The van der Waals surface area contributed by atoms with Crippen LogP contribution in [0.3, 0.4) is 0 Å². The summed E-state index contributed by atoms with van der Waals surface area (Å²) in [5, 5.41) is 4.83. The lowest BCUT2D eigenvalue weighted by molar-refractivity contribution is -0.113. The third-order valence-electron chi connectivity index (χ3n) is 3.92. The van der Waals surface area contributed by atoms with Crippen LogP contribution in [0, 0.1) is 13.8 Å². The second-order valence-corrected chi connectivity index (χ2v) is 7.06. The summed E-state index contributed by atoms with van der Waals surface area (Å²) in [6.07, 6.45) is 0. The van der Waals surface area contributed by atoms with Gasteiger partial charge in [0.1, 0.15) is 10.8 Å². The Kier molecular flexibility index (Phi) is 5.78. The number of thioether (sulfide) groups is 1. The number of nitrogens with zero attached hydrogens (tertiary/aromatic N) is 1. The molecule has 0 unspecified atom stereocenters. The SMILES string of the molecule is CCOc1ccc2nc(SCC(=O)Nc3ccc(C)cc3)c(C)cc2c1. The number of aryl methyl sites for hydroxylation is 2. The minimum absolute atomic E-state index is 0.0353. The molecule has 0 fully saturated rings. The lowest BCUT2D eigenvalue weighted by Crippen LogP contribution is -2.14. The molecule has 0 radical (unpaired) electrons. The van der Waals surface area contributed by atoms with Gasteiger partial charge in [0, 0.05) is 11.1 Å². The van der Waals surface area contributed by atoms with Gasteiger partial charge in [-0.05, 0) is 62.7 Å². The van der Waals surface area contributed by atoms with E-state index in [1.165, 1.54) is 17.3 Å². The number of carbonyl (C=O) groups excluding carboxylic acids is 1. The molecule has 3 rings (SSSR count). The van der Waals surface area contributed by atoms with E-state index in [0.717, 1.165) is 32.9 Å². The van der Waals surface area contributed by atoms with Crippen molar-refractivity contribution in [2.45, 2.75) is 25.8 Å². The Labute approximate surface area is 158 Å². The molecule has 2 aromatic carbocycles. The second kappa shape index (κ2) is 8.23. The van der Waals surface area contributed by atoms with E-state index in [0.29, 0.717) is 12.4 Å². The van der Waals surface area contributed by atoms with Crippen molar-refractivity contribution in [1.82, 2.24) is 4.98 Å². The number of ether oxygens (including phenoxy) is 1. The van der Waals surface area contributed by atoms with E-state index in [2.05, 4.69) is 11.4 Å². The van der Waals surface area contributed by atoms with E-state index in [4.69, 9.17) is 9.72 Å². The average Bonchev–Trinajstić information content (AvgIpc) is 2.62. The molecule has 0 bridgehead atoms. The lowest BCUT2D eigenvalue weighted by Gasteiger charge is -2.09. The van der Waals surface area contributed by atoms with Crippen LogP contribution in [0.1, 0.15) is 18.1 Å². The first-order valence-electron chi connectivity index (χ1n) is 8.58. The number of pyridine rings is 1. The quantitative estimate of drug-likeness (QED) is 0.625. The number of aromatic nitrogens is 1. The molecule has 0 aliphatic heterocycles. The summed E-state index contributed by atoms with van der Waals surface area (Å²) in [6, 6.07) is 15.7. The van der Waals surface area contributed by atoms with Gasteiger partial charge in [0.05, 0.1) is 17.9 Å². The third-order valence-corrected chi connectivity index (χ3v) is 5.01. The van der Waals surface area contributed by atoms with Crippen LogP contribution in [0.15, 0.2) is 53.6 Å². The highest BCUT2D eigenvalue weighted by molar-refractivity contribution is 8.00. The van der Waals surface area contributed by atoms with Crippen LogP contribution < -0.4 is 10.1 Å². The monoisotopic (exact) mass is 366 g/mol. The maximum absolute atomic E-state index is 12.2. The molecular formula is C21H22N2O2S. The molecule has 1 aromatic heterocycles. The number of benzene rings is 2. The van der Waals surface area contributed by atoms with Gasteiger partial charge < -0.3 is 10.1 Å². The summed E-state index contributed by atoms with van der Waals surface area (Å²) in [5.74, 6) is 1.13. The fourth-order valence-electron chi connectivity index (χ4n) is 2.61. The Bertz CT molecular complexity index is 923. The Morgan fingerprint density at radius 1 is 1.12 bits per heavy atom. The van der Waals surface area contributed by atoms with Gasteiger partial charge in [0.25, 0.3) is 0 Å². The number of amides is 1. The number of anilines is 1. The highest BCUT2D eigenvalue weighted by Gasteiger charge is 2.09. The Morgan fingerprint density at radius 3 is 2.62 bits per heavy atom. The molecule has 4 nitrogen and oxygen atoms in total. The Hall–Kier alpha value is -2.53. The van der Waals surface area contributed by atoms with Gasteiger partial charge in [-0.15, -0.1) is 0 Å². The maximum atomic E-state index is 12.2. The van der Waals surface area contributed by atoms with E-state index in [1.54, 1.807) is 0 Å². The zero-order valence-electron chi connectivity index (χ0n) is 15.2. The van der Waals surface area contributed by atoms with E-state index in [1.807, 2.05) is 63.2 Å². The molecule has 0 atom stereocenters. The van der Waals surface area contributed by atoms with Crippen molar-refractivity contribution in [3.63, 3.8) is 0 Å². The number of nitrogens with one attached hydrogen (secondary N) is 1. The molecule has 134 valence electrons. The van der Waals surface area contributed by atoms with Crippen LogP contribution in [0.5, 0.6) is 5.75 Å². The summed E-state index contributed by atoms with van der Waals surface area (Å²) < 4.78 is 5.54. The highest BCUT2D eigenvalue weighted by Crippen LogP contribution is 2.27. The molecule has 3 aromatic rings. The molecule has 1 amide bonds. The molecule has 0 saturated carbocycles. The summed E-state index contributed by atoms with van der Waals surface area (Å²) in [4.78, 5) is 16.9. The molecular weight excluding hydrogens is 344 g/mol. The van der Waals surface area contributed by atoms with Crippen LogP contribution in [-0.4, -0.2) is 23.3 Å². The predicted molar refractivity (Wildman–Crippen MR) is 108 cm³/mol.